The van der Waals surface area contributed by atoms with E-state index < -0.39 is 0 Å². The van der Waals surface area contributed by atoms with E-state index in [0.717, 1.165) is 16.0 Å². The molecular formula is C7H5ClN2S. The number of rotatable bonds is 0. The fourth-order valence-electron chi connectivity index (χ4n) is 0.887. The molecule has 4 heteroatoms. The van der Waals surface area contributed by atoms with Gasteiger partial charge in [-0.1, -0.05) is 11.6 Å². The molecule has 0 unspecified atom stereocenters. The second-order valence-corrected chi connectivity index (χ2v) is 3.85. The zero-order chi connectivity index (χ0) is 7.84. The first-order valence-corrected chi connectivity index (χ1v) is 4.35. The van der Waals surface area contributed by atoms with Crippen molar-refractivity contribution in [2.45, 2.75) is 6.92 Å². The Hall–Kier alpha value is -0.670. The lowest BCUT2D eigenvalue weighted by Gasteiger charge is -1.87. The van der Waals surface area contributed by atoms with Gasteiger partial charge in [-0.05, 0) is 19.1 Å². The first-order chi connectivity index (χ1) is 5.25. The van der Waals surface area contributed by atoms with Crippen LogP contribution in [0, 0.1) is 6.92 Å². The molecule has 0 amide bonds. The van der Waals surface area contributed by atoms with Crippen molar-refractivity contribution < 1.29 is 0 Å². The molecule has 0 bridgehead atoms. The molecule has 2 aromatic rings. The van der Waals surface area contributed by atoms with Gasteiger partial charge in [0.25, 0.3) is 0 Å². The first-order valence-electron chi connectivity index (χ1n) is 3.15. The summed E-state index contributed by atoms with van der Waals surface area (Å²) in [7, 11) is 0. The molecule has 0 aliphatic rings. The molecule has 2 nitrogen and oxygen atoms in total. The Labute approximate surface area is 72.9 Å². The van der Waals surface area contributed by atoms with Gasteiger partial charge in [0.1, 0.15) is 0 Å². The van der Waals surface area contributed by atoms with E-state index in [-0.39, 0.29) is 0 Å². The summed E-state index contributed by atoms with van der Waals surface area (Å²) < 4.78 is 1.60. The quantitative estimate of drug-likeness (QED) is 0.629. The van der Waals surface area contributed by atoms with Crippen LogP contribution in [0.4, 0.5) is 0 Å². The van der Waals surface area contributed by atoms with Crippen molar-refractivity contribution in [3.8, 4) is 0 Å². The van der Waals surface area contributed by atoms with Crippen LogP contribution in [0.1, 0.15) is 5.69 Å². The molecule has 0 N–H and O–H groups in total. The van der Waals surface area contributed by atoms with Crippen LogP contribution in [0.3, 0.4) is 0 Å². The third kappa shape index (κ3) is 1.21. The number of thiazole rings is 1. The minimum atomic E-state index is 0.554. The molecule has 0 fully saturated rings. The minimum absolute atomic E-state index is 0.554. The third-order valence-electron chi connectivity index (χ3n) is 1.37. The Balaban J connectivity index is 2.82. The average molecular weight is 185 g/mol. The van der Waals surface area contributed by atoms with E-state index >= 15 is 0 Å². The van der Waals surface area contributed by atoms with E-state index in [2.05, 4.69) is 9.97 Å². The van der Waals surface area contributed by atoms with Crippen LogP contribution in [0.15, 0.2) is 12.1 Å². The largest absolute Gasteiger partial charge is 0.233 e. The van der Waals surface area contributed by atoms with E-state index in [1.807, 2.05) is 19.1 Å². The molecule has 0 aliphatic heterocycles. The van der Waals surface area contributed by atoms with Gasteiger partial charge in [-0.15, -0.1) is 11.3 Å². The standard InChI is InChI=1S/C7H5ClN2S/c1-4-2-3-5-6(9-4)10-7(8)11-5/h2-3H,1H3. The Bertz CT molecular complexity index is 396. The van der Waals surface area contributed by atoms with Crippen molar-refractivity contribution >= 4 is 33.3 Å². The van der Waals surface area contributed by atoms with Crippen LogP contribution in [-0.4, -0.2) is 9.97 Å². The van der Waals surface area contributed by atoms with Crippen molar-refractivity contribution in [1.29, 1.82) is 0 Å². The van der Waals surface area contributed by atoms with Gasteiger partial charge in [-0.25, -0.2) is 9.97 Å². The van der Waals surface area contributed by atoms with Crippen molar-refractivity contribution in [2.24, 2.45) is 0 Å². The fourth-order valence-corrected chi connectivity index (χ4v) is 1.85. The number of halogens is 1. The van der Waals surface area contributed by atoms with Gasteiger partial charge >= 0.3 is 0 Å². The predicted molar refractivity (Wildman–Crippen MR) is 47.2 cm³/mol. The molecule has 0 spiro atoms. The maximum atomic E-state index is 5.70. The van der Waals surface area contributed by atoms with Gasteiger partial charge in [-0.2, -0.15) is 0 Å². The highest BCUT2D eigenvalue weighted by atomic mass is 35.5. The highest BCUT2D eigenvalue weighted by Crippen LogP contribution is 2.23. The van der Waals surface area contributed by atoms with E-state index in [1.165, 1.54) is 11.3 Å². The van der Waals surface area contributed by atoms with Gasteiger partial charge in [0.05, 0.1) is 4.70 Å². The van der Waals surface area contributed by atoms with Crippen LogP contribution < -0.4 is 0 Å². The minimum Gasteiger partial charge on any atom is -0.233 e. The second kappa shape index (κ2) is 2.43. The Morgan fingerprint density at radius 3 is 3.00 bits per heavy atom. The van der Waals surface area contributed by atoms with E-state index in [4.69, 9.17) is 11.6 Å². The van der Waals surface area contributed by atoms with Gasteiger partial charge in [-0.3, -0.25) is 0 Å². The van der Waals surface area contributed by atoms with Crippen LogP contribution in [0.25, 0.3) is 10.3 Å². The second-order valence-electron chi connectivity index (χ2n) is 2.24. The summed E-state index contributed by atoms with van der Waals surface area (Å²) in [5.41, 5.74) is 1.72. The molecule has 2 rings (SSSR count). The number of fused-ring (bicyclic) bond motifs is 1. The van der Waals surface area contributed by atoms with Gasteiger partial charge < -0.3 is 0 Å². The molecule has 2 heterocycles. The number of aromatic nitrogens is 2. The SMILES string of the molecule is Cc1ccc2sc(Cl)nc2n1. The molecular weight excluding hydrogens is 180 g/mol. The lowest BCUT2D eigenvalue weighted by Crippen LogP contribution is -1.79. The topological polar surface area (TPSA) is 25.8 Å². The molecule has 0 saturated carbocycles. The molecule has 0 radical (unpaired) electrons. The fraction of sp³-hybridized carbons (Fsp3) is 0.143. The number of pyridine rings is 1. The zero-order valence-electron chi connectivity index (χ0n) is 5.84. The summed E-state index contributed by atoms with van der Waals surface area (Å²) in [5, 5.41) is 0. The summed E-state index contributed by atoms with van der Waals surface area (Å²) in [6, 6.07) is 3.94. The van der Waals surface area contributed by atoms with Gasteiger partial charge in [0.15, 0.2) is 10.1 Å². The Morgan fingerprint density at radius 2 is 2.18 bits per heavy atom. The maximum absolute atomic E-state index is 5.70. The maximum Gasteiger partial charge on any atom is 0.186 e. The predicted octanol–water partition coefficient (Wildman–Crippen LogP) is 2.65. The monoisotopic (exact) mass is 184 g/mol. The van der Waals surface area contributed by atoms with Crippen molar-refractivity contribution in [2.75, 3.05) is 0 Å². The third-order valence-corrected chi connectivity index (χ3v) is 2.48. The summed E-state index contributed by atoms with van der Waals surface area (Å²) in [5.74, 6) is 0. The summed E-state index contributed by atoms with van der Waals surface area (Å²) in [6.07, 6.45) is 0. The van der Waals surface area contributed by atoms with Gasteiger partial charge in [0.2, 0.25) is 0 Å². The highest BCUT2D eigenvalue weighted by Gasteiger charge is 2.01. The van der Waals surface area contributed by atoms with Crippen LogP contribution in [0.2, 0.25) is 4.47 Å². The van der Waals surface area contributed by atoms with Crippen LogP contribution in [-0.2, 0) is 0 Å². The lowest BCUT2D eigenvalue weighted by atomic mass is 10.4. The molecule has 0 atom stereocenters. The van der Waals surface area contributed by atoms with Crippen molar-refractivity contribution in [1.82, 2.24) is 9.97 Å². The summed E-state index contributed by atoms with van der Waals surface area (Å²) in [6.45, 7) is 1.94. The zero-order valence-corrected chi connectivity index (χ0v) is 7.41. The summed E-state index contributed by atoms with van der Waals surface area (Å²) in [4.78, 5) is 8.26. The lowest BCUT2D eigenvalue weighted by molar-refractivity contribution is 1.22. The highest BCUT2D eigenvalue weighted by molar-refractivity contribution is 7.22. The molecule has 0 aliphatic carbocycles. The smallest absolute Gasteiger partial charge is 0.186 e. The van der Waals surface area contributed by atoms with Crippen molar-refractivity contribution in [3.63, 3.8) is 0 Å². The molecule has 11 heavy (non-hydrogen) atoms. The molecule has 56 valence electrons. The van der Waals surface area contributed by atoms with Crippen LogP contribution >= 0.6 is 22.9 Å². The number of aryl methyl sites for hydroxylation is 1. The van der Waals surface area contributed by atoms with E-state index in [9.17, 15) is 0 Å². The average Bonchev–Trinajstić information content (AvgIpc) is 2.27. The van der Waals surface area contributed by atoms with E-state index in [0.29, 0.717) is 4.47 Å². The van der Waals surface area contributed by atoms with Gasteiger partial charge in [0, 0.05) is 5.69 Å². The number of hydrogen-bond acceptors (Lipinski definition) is 3. The Kier molecular flexibility index (Phi) is 1.55. The number of nitrogens with zero attached hydrogens (tertiary/aromatic N) is 2. The van der Waals surface area contributed by atoms with Crippen molar-refractivity contribution in [3.05, 3.63) is 22.3 Å². The molecule has 2 aromatic heterocycles. The number of hydrogen-bond donors (Lipinski definition) is 0. The first kappa shape index (κ1) is 7.00. The molecule has 0 aromatic carbocycles. The summed E-state index contributed by atoms with van der Waals surface area (Å²) >= 11 is 7.16. The molecule has 0 saturated heterocycles. The van der Waals surface area contributed by atoms with E-state index in [1.54, 1.807) is 0 Å². The Morgan fingerprint density at radius 1 is 1.36 bits per heavy atom. The van der Waals surface area contributed by atoms with Crippen LogP contribution in [0.5, 0.6) is 0 Å². The normalized spacial score (nSPS) is 10.7.